The Labute approximate surface area is 131 Å². The minimum Gasteiger partial charge on any atom is -0.489 e. The Hall–Kier alpha value is -1.50. The lowest BCUT2D eigenvalue weighted by molar-refractivity contribution is 0.244. The van der Waals surface area contributed by atoms with E-state index in [1.165, 1.54) is 12.1 Å². The number of halogens is 2. The number of nitrogen functional groups attached to an aromatic ring is 1. The third-order valence-electron chi connectivity index (χ3n) is 2.59. The number of benzene rings is 2. The van der Waals surface area contributed by atoms with E-state index in [4.69, 9.17) is 10.5 Å². The molecule has 0 aliphatic rings. The summed E-state index contributed by atoms with van der Waals surface area (Å²) < 4.78 is 19.5. The summed E-state index contributed by atoms with van der Waals surface area (Å²) in [5.74, 6) is 0.392. The molecule has 0 aliphatic carbocycles. The highest BCUT2D eigenvalue weighted by Crippen LogP contribution is 2.30. The standard InChI is InChI=1S/C15H16FIN2O/c1-9(2)20-15-8-11(4-5-13(15)18)19-14-6-3-10(16)7-12(14)17/h3-9,19H,18H2,1-2H3. The highest BCUT2D eigenvalue weighted by molar-refractivity contribution is 14.1. The van der Waals surface area contributed by atoms with Gasteiger partial charge < -0.3 is 15.8 Å². The van der Waals surface area contributed by atoms with Crippen LogP contribution in [0.3, 0.4) is 0 Å². The zero-order valence-corrected chi connectivity index (χ0v) is 13.4. The van der Waals surface area contributed by atoms with Gasteiger partial charge in [-0.15, -0.1) is 0 Å². The van der Waals surface area contributed by atoms with Crippen molar-refractivity contribution in [3.05, 3.63) is 45.8 Å². The maximum Gasteiger partial charge on any atom is 0.144 e. The average Bonchev–Trinajstić information content (AvgIpc) is 2.36. The molecule has 5 heteroatoms. The van der Waals surface area contributed by atoms with Crippen molar-refractivity contribution in [1.29, 1.82) is 0 Å². The fourth-order valence-corrected chi connectivity index (χ4v) is 2.33. The maximum atomic E-state index is 13.1. The molecule has 0 radical (unpaired) electrons. The van der Waals surface area contributed by atoms with E-state index in [0.29, 0.717) is 11.4 Å². The largest absolute Gasteiger partial charge is 0.489 e. The van der Waals surface area contributed by atoms with Gasteiger partial charge in [-0.05, 0) is 66.8 Å². The van der Waals surface area contributed by atoms with Gasteiger partial charge in [-0.25, -0.2) is 4.39 Å². The van der Waals surface area contributed by atoms with E-state index in [1.54, 1.807) is 12.1 Å². The average molecular weight is 386 g/mol. The molecular weight excluding hydrogens is 370 g/mol. The monoisotopic (exact) mass is 386 g/mol. The molecule has 20 heavy (non-hydrogen) atoms. The predicted molar refractivity (Wildman–Crippen MR) is 89.0 cm³/mol. The molecule has 0 atom stereocenters. The number of nitrogens with two attached hydrogens (primary N) is 1. The van der Waals surface area contributed by atoms with Gasteiger partial charge in [0.05, 0.1) is 17.5 Å². The molecule has 0 saturated heterocycles. The molecule has 0 heterocycles. The molecule has 0 bridgehead atoms. The molecule has 2 rings (SSSR count). The van der Waals surface area contributed by atoms with Crippen molar-refractivity contribution in [1.82, 2.24) is 0 Å². The van der Waals surface area contributed by atoms with Crippen molar-refractivity contribution < 1.29 is 9.13 Å². The highest BCUT2D eigenvalue weighted by Gasteiger charge is 2.06. The van der Waals surface area contributed by atoms with Crippen LogP contribution in [-0.4, -0.2) is 6.10 Å². The van der Waals surface area contributed by atoms with E-state index < -0.39 is 0 Å². The molecule has 0 aliphatic heterocycles. The first kappa shape index (κ1) is 14.9. The minimum atomic E-state index is -0.249. The van der Waals surface area contributed by atoms with Gasteiger partial charge in [0.1, 0.15) is 11.6 Å². The Morgan fingerprint density at radius 2 is 1.95 bits per heavy atom. The second-order valence-corrected chi connectivity index (χ2v) is 5.83. The summed E-state index contributed by atoms with van der Waals surface area (Å²) in [5, 5.41) is 3.23. The topological polar surface area (TPSA) is 47.3 Å². The van der Waals surface area contributed by atoms with E-state index >= 15 is 0 Å². The molecule has 3 N–H and O–H groups in total. The van der Waals surface area contributed by atoms with Crippen molar-refractivity contribution in [2.24, 2.45) is 0 Å². The van der Waals surface area contributed by atoms with Crippen LogP contribution in [0.25, 0.3) is 0 Å². The number of rotatable bonds is 4. The van der Waals surface area contributed by atoms with Crippen molar-refractivity contribution in [2.45, 2.75) is 20.0 Å². The van der Waals surface area contributed by atoms with Crippen LogP contribution in [0.5, 0.6) is 5.75 Å². The van der Waals surface area contributed by atoms with Crippen LogP contribution >= 0.6 is 22.6 Å². The molecule has 0 spiro atoms. The first-order valence-corrected chi connectivity index (χ1v) is 7.32. The highest BCUT2D eigenvalue weighted by atomic mass is 127. The van der Waals surface area contributed by atoms with Crippen LogP contribution in [0.2, 0.25) is 0 Å². The van der Waals surface area contributed by atoms with Crippen LogP contribution in [0, 0.1) is 9.39 Å². The van der Waals surface area contributed by atoms with E-state index in [1.807, 2.05) is 26.0 Å². The van der Waals surface area contributed by atoms with Gasteiger partial charge in [-0.3, -0.25) is 0 Å². The van der Waals surface area contributed by atoms with Crippen molar-refractivity contribution in [2.75, 3.05) is 11.1 Å². The number of hydrogen-bond acceptors (Lipinski definition) is 3. The van der Waals surface area contributed by atoms with E-state index in [0.717, 1.165) is 14.9 Å². The summed E-state index contributed by atoms with van der Waals surface area (Å²) in [5.41, 5.74) is 8.16. The Bertz CT molecular complexity index is 617. The van der Waals surface area contributed by atoms with Gasteiger partial charge in [-0.1, -0.05) is 0 Å². The van der Waals surface area contributed by atoms with Gasteiger partial charge >= 0.3 is 0 Å². The first-order valence-electron chi connectivity index (χ1n) is 6.24. The van der Waals surface area contributed by atoms with Crippen LogP contribution in [0.1, 0.15) is 13.8 Å². The number of ether oxygens (including phenoxy) is 1. The van der Waals surface area contributed by atoms with Crippen molar-refractivity contribution >= 4 is 39.7 Å². The fourth-order valence-electron chi connectivity index (χ4n) is 1.71. The fraction of sp³-hybridized carbons (Fsp3) is 0.200. The molecule has 0 amide bonds. The molecule has 2 aromatic rings. The van der Waals surface area contributed by atoms with E-state index in [2.05, 4.69) is 27.9 Å². The molecule has 0 unspecified atom stereocenters. The van der Waals surface area contributed by atoms with Gasteiger partial charge in [0.25, 0.3) is 0 Å². The van der Waals surface area contributed by atoms with Crippen LogP contribution in [0.15, 0.2) is 36.4 Å². The van der Waals surface area contributed by atoms with Crippen LogP contribution in [0.4, 0.5) is 21.5 Å². The lowest BCUT2D eigenvalue weighted by Gasteiger charge is -2.15. The molecule has 0 aromatic heterocycles. The normalized spacial score (nSPS) is 10.7. The zero-order valence-electron chi connectivity index (χ0n) is 11.3. The smallest absolute Gasteiger partial charge is 0.144 e. The Morgan fingerprint density at radius 3 is 2.60 bits per heavy atom. The summed E-state index contributed by atoms with van der Waals surface area (Å²) in [6.45, 7) is 3.89. The quantitative estimate of drug-likeness (QED) is 0.599. The second-order valence-electron chi connectivity index (χ2n) is 4.67. The molecule has 0 fully saturated rings. The van der Waals surface area contributed by atoms with Crippen LogP contribution < -0.4 is 15.8 Å². The van der Waals surface area contributed by atoms with Gasteiger partial charge in [0.15, 0.2) is 0 Å². The summed E-state index contributed by atoms with van der Waals surface area (Å²) in [6, 6.07) is 10.1. The third kappa shape index (κ3) is 3.75. The SMILES string of the molecule is CC(C)Oc1cc(Nc2ccc(F)cc2I)ccc1N. The van der Waals surface area contributed by atoms with Crippen LogP contribution in [-0.2, 0) is 0 Å². The number of nitrogens with one attached hydrogen (secondary N) is 1. The van der Waals surface area contributed by atoms with Gasteiger partial charge in [0, 0.05) is 15.3 Å². The van der Waals surface area contributed by atoms with E-state index in [9.17, 15) is 4.39 Å². The molecule has 106 valence electrons. The number of anilines is 3. The zero-order chi connectivity index (χ0) is 14.7. The summed E-state index contributed by atoms with van der Waals surface area (Å²) >= 11 is 2.09. The summed E-state index contributed by atoms with van der Waals surface area (Å²) in [6.07, 6.45) is 0.0542. The maximum absolute atomic E-state index is 13.1. The Balaban J connectivity index is 2.25. The Kier molecular flexibility index (Phi) is 4.69. The third-order valence-corrected chi connectivity index (χ3v) is 3.48. The summed E-state index contributed by atoms with van der Waals surface area (Å²) in [7, 11) is 0. The molecular formula is C15H16FIN2O. The van der Waals surface area contributed by atoms with E-state index in [-0.39, 0.29) is 11.9 Å². The minimum absolute atomic E-state index is 0.0542. The molecule has 2 aromatic carbocycles. The van der Waals surface area contributed by atoms with Gasteiger partial charge in [0.2, 0.25) is 0 Å². The van der Waals surface area contributed by atoms with Crippen molar-refractivity contribution in [3.63, 3.8) is 0 Å². The van der Waals surface area contributed by atoms with Crippen molar-refractivity contribution in [3.8, 4) is 5.75 Å². The Morgan fingerprint density at radius 1 is 1.20 bits per heavy atom. The van der Waals surface area contributed by atoms with Gasteiger partial charge in [-0.2, -0.15) is 0 Å². The lowest BCUT2D eigenvalue weighted by atomic mass is 10.2. The molecule has 0 saturated carbocycles. The predicted octanol–water partition coefficient (Wildman–Crippen LogP) is 4.54. The number of hydrogen-bond donors (Lipinski definition) is 2. The first-order chi connectivity index (χ1) is 9.45. The second kappa shape index (κ2) is 6.30. The lowest BCUT2D eigenvalue weighted by Crippen LogP contribution is -2.07. The molecule has 3 nitrogen and oxygen atoms in total. The summed E-state index contributed by atoms with van der Waals surface area (Å²) in [4.78, 5) is 0.